The van der Waals surface area contributed by atoms with E-state index in [9.17, 15) is 39.9 Å². The van der Waals surface area contributed by atoms with Gasteiger partial charge in [0.15, 0.2) is 5.78 Å². The fourth-order valence-electron chi connectivity index (χ4n) is 9.44. The molecule has 0 saturated heterocycles. The Balaban J connectivity index is 1.60. The third kappa shape index (κ3) is 3.43. The molecular formula is C30H42O10. The highest BCUT2D eigenvalue weighted by Gasteiger charge is 2.80. The predicted molar refractivity (Wildman–Crippen MR) is 140 cm³/mol. The lowest BCUT2D eigenvalue weighted by Crippen LogP contribution is -2.75. The maximum atomic E-state index is 13.4. The van der Waals surface area contributed by atoms with Crippen molar-refractivity contribution in [3.63, 3.8) is 0 Å². The first-order valence-corrected chi connectivity index (χ1v) is 14.3. The molecule has 0 aromatic rings. The van der Waals surface area contributed by atoms with Crippen molar-refractivity contribution in [1.29, 1.82) is 0 Å². The summed E-state index contributed by atoms with van der Waals surface area (Å²) in [6, 6.07) is 0. The van der Waals surface area contributed by atoms with Crippen LogP contribution in [-0.2, 0) is 23.9 Å². The quantitative estimate of drug-likeness (QED) is 0.313. The first-order valence-electron chi connectivity index (χ1n) is 14.3. The molecule has 10 nitrogen and oxygen atoms in total. The second kappa shape index (κ2) is 9.19. The molecule has 222 valence electrons. The summed E-state index contributed by atoms with van der Waals surface area (Å²) in [5.74, 6) is -3.69. The molecule has 5 N–H and O–H groups in total. The van der Waals surface area contributed by atoms with Crippen LogP contribution in [0.5, 0.6) is 0 Å². The maximum Gasteiger partial charge on any atom is 0.336 e. The standard InChI is InChI=1S/C30H42O10/c1-15-11-21(40-25(35)18(15)14-31)16(2)29(37)13-24(39-17(3)32)30(38)20-12-23(34)28(36)9-6-7-22(33)27(28,5)19(20)8-10-26(29,30)4/h6-7,16,19-21,23-24,31,34,36-38H,8-14H2,1-5H3/t16-,19+,20-,21-,23-,24+,26-,27+,28+,29-,30-/m1/s1. The van der Waals surface area contributed by atoms with Crippen LogP contribution in [0, 0.1) is 28.6 Å². The molecule has 5 aliphatic rings. The molecule has 10 heteroatoms. The van der Waals surface area contributed by atoms with E-state index in [1.54, 1.807) is 33.8 Å². The summed E-state index contributed by atoms with van der Waals surface area (Å²) in [5, 5.41) is 58.0. The van der Waals surface area contributed by atoms with Gasteiger partial charge in [-0.3, -0.25) is 9.59 Å². The number of carbonyl (C=O) groups is 3. The maximum absolute atomic E-state index is 13.4. The number of esters is 2. The number of cyclic esters (lactones) is 1. The fourth-order valence-corrected chi connectivity index (χ4v) is 9.44. The molecule has 0 spiro atoms. The van der Waals surface area contributed by atoms with Crippen molar-refractivity contribution in [2.45, 2.75) is 108 Å². The molecule has 11 atom stereocenters. The van der Waals surface area contributed by atoms with Crippen LogP contribution in [0.2, 0.25) is 0 Å². The SMILES string of the molecule is CC(=O)O[C@H]1C[C@@](O)([C@H](C)[C@H]2CC(C)=C(CO)C(=O)O2)[C@@]2(C)CC[C@H]3[C@@H](C[C@@H](O)[C@@]4(O)CC=CC(=O)[C@]34C)[C@@]12O. The van der Waals surface area contributed by atoms with Gasteiger partial charge >= 0.3 is 11.9 Å². The molecule has 1 heterocycles. The minimum absolute atomic E-state index is 0.0493. The Morgan fingerprint density at radius 3 is 2.48 bits per heavy atom. The van der Waals surface area contributed by atoms with Crippen molar-refractivity contribution in [2.24, 2.45) is 28.6 Å². The summed E-state index contributed by atoms with van der Waals surface area (Å²) < 4.78 is 11.4. The molecule has 0 bridgehead atoms. The molecule has 3 fully saturated rings. The van der Waals surface area contributed by atoms with Crippen LogP contribution in [0.25, 0.3) is 0 Å². The highest BCUT2D eigenvalue weighted by molar-refractivity contribution is 5.97. The van der Waals surface area contributed by atoms with Gasteiger partial charge in [0, 0.05) is 31.1 Å². The van der Waals surface area contributed by atoms with E-state index in [-0.39, 0.29) is 43.5 Å². The monoisotopic (exact) mass is 562 g/mol. The molecule has 5 rings (SSSR count). The molecule has 0 radical (unpaired) electrons. The van der Waals surface area contributed by atoms with Crippen molar-refractivity contribution < 1.29 is 49.4 Å². The van der Waals surface area contributed by atoms with Gasteiger partial charge in [0.2, 0.25) is 0 Å². The van der Waals surface area contributed by atoms with E-state index in [0.29, 0.717) is 12.0 Å². The molecule has 0 aromatic heterocycles. The zero-order chi connectivity index (χ0) is 29.6. The zero-order valence-corrected chi connectivity index (χ0v) is 23.8. The van der Waals surface area contributed by atoms with E-state index in [2.05, 4.69) is 0 Å². The van der Waals surface area contributed by atoms with E-state index >= 15 is 0 Å². The van der Waals surface area contributed by atoms with E-state index in [1.165, 1.54) is 13.0 Å². The Hall–Kier alpha value is -2.11. The minimum Gasteiger partial charge on any atom is -0.459 e. The molecule has 0 unspecified atom stereocenters. The van der Waals surface area contributed by atoms with Crippen molar-refractivity contribution in [1.82, 2.24) is 0 Å². The van der Waals surface area contributed by atoms with Crippen molar-refractivity contribution in [3.05, 3.63) is 23.3 Å². The Bertz CT molecular complexity index is 1190. The van der Waals surface area contributed by atoms with Crippen molar-refractivity contribution in [2.75, 3.05) is 6.61 Å². The first-order chi connectivity index (χ1) is 18.5. The predicted octanol–water partition coefficient (Wildman–Crippen LogP) is 1.11. The van der Waals surface area contributed by atoms with Crippen LogP contribution in [-0.4, -0.2) is 85.0 Å². The number of ether oxygens (including phenoxy) is 2. The third-order valence-electron chi connectivity index (χ3n) is 12.0. The topological polar surface area (TPSA) is 171 Å². The van der Waals surface area contributed by atoms with Crippen molar-refractivity contribution >= 4 is 17.7 Å². The van der Waals surface area contributed by atoms with Crippen LogP contribution in [0.15, 0.2) is 23.3 Å². The van der Waals surface area contributed by atoms with Gasteiger partial charge in [0.1, 0.15) is 23.4 Å². The number of rotatable bonds is 4. The van der Waals surface area contributed by atoms with Gasteiger partial charge in [-0.25, -0.2) is 4.79 Å². The highest BCUT2D eigenvalue weighted by Crippen LogP contribution is 2.71. The summed E-state index contributed by atoms with van der Waals surface area (Å²) in [5.41, 5.74) is -7.09. The van der Waals surface area contributed by atoms with E-state index in [0.717, 1.165) is 0 Å². The molecule has 0 amide bonds. The molecule has 3 saturated carbocycles. The van der Waals surface area contributed by atoms with Crippen LogP contribution < -0.4 is 0 Å². The smallest absolute Gasteiger partial charge is 0.336 e. The zero-order valence-electron chi connectivity index (χ0n) is 23.8. The van der Waals surface area contributed by atoms with Crippen molar-refractivity contribution in [3.8, 4) is 0 Å². The van der Waals surface area contributed by atoms with E-state index < -0.39 is 82.2 Å². The largest absolute Gasteiger partial charge is 0.459 e. The molecule has 1 aliphatic heterocycles. The van der Waals surface area contributed by atoms with Crippen LogP contribution in [0.3, 0.4) is 0 Å². The Morgan fingerprint density at radius 1 is 1.20 bits per heavy atom. The third-order valence-corrected chi connectivity index (χ3v) is 12.0. The number of allylic oxidation sites excluding steroid dienone is 1. The number of hydrogen-bond acceptors (Lipinski definition) is 10. The summed E-state index contributed by atoms with van der Waals surface area (Å²) in [4.78, 5) is 38.3. The second-order valence-electron chi connectivity index (χ2n) is 13.3. The van der Waals surface area contributed by atoms with Gasteiger partial charge in [-0.1, -0.05) is 25.5 Å². The van der Waals surface area contributed by atoms with Gasteiger partial charge in [-0.2, -0.15) is 0 Å². The normalized spacial score (nSPS) is 49.1. The van der Waals surface area contributed by atoms with E-state index in [1.807, 2.05) is 0 Å². The summed E-state index contributed by atoms with van der Waals surface area (Å²) in [7, 11) is 0. The van der Waals surface area contributed by atoms with Gasteiger partial charge in [-0.05, 0) is 57.4 Å². The average molecular weight is 563 g/mol. The fraction of sp³-hybridized carbons (Fsp3) is 0.767. The van der Waals surface area contributed by atoms with E-state index in [4.69, 9.17) is 9.47 Å². The average Bonchev–Trinajstić information content (AvgIpc) is 3.04. The lowest BCUT2D eigenvalue weighted by Gasteiger charge is -2.66. The van der Waals surface area contributed by atoms with Crippen LogP contribution in [0.4, 0.5) is 0 Å². The highest BCUT2D eigenvalue weighted by atomic mass is 16.6. The summed E-state index contributed by atoms with van der Waals surface area (Å²) >= 11 is 0. The molecular weight excluding hydrogens is 520 g/mol. The summed E-state index contributed by atoms with van der Waals surface area (Å²) in [6.07, 6.45) is 0.519. The number of fused-ring (bicyclic) bond motifs is 5. The van der Waals surface area contributed by atoms with Crippen LogP contribution >= 0.6 is 0 Å². The molecule has 0 aromatic carbocycles. The number of carbonyl (C=O) groups excluding carboxylic acids is 3. The number of hydrogen-bond donors (Lipinski definition) is 5. The van der Waals surface area contributed by atoms with Gasteiger partial charge in [0.25, 0.3) is 0 Å². The Labute approximate surface area is 234 Å². The van der Waals surface area contributed by atoms with Crippen LogP contribution in [0.1, 0.15) is 73.1 Å². The Kier molecular flexibility index (Phi) is 6.75. The lowest BCUT2D eigenvalue weighted by atomic mass is 9.41. The lowest BCUT2D eigenvalue weighted by molar-refractivity contribution is -0.291. The molecule has 40 heavy (non-hydrogen) atoms. The molecule has 4 aliphatic carbocycles. The number of ketones is 1. The van der Waals surface area contributed by atoms with Gasteiger partial charge in [0.05, 0.1) is 29.3 Å². The number of aliphatic hydroxyl groups is 5. The second-order valence-corrected chi connectivity index (χ2v) is 13.3. The first kappa shape index (κ1) is 29.4. The van der Waals surface area contributed by atoms with Gasteiger partial charge < -0.3 is 35.0 Å². The number of aliphatic hydroxyl groups excluding tert-OH is 2. The Morgan fingerprint density at radius 2 is 1.88 bits per heavy atom. The van der Waals surface area contributed by atoms with Gasteiger partial charge in [-0.15, -0.1) is 0 Å². The minimum atomic E-state index is -1.86. The summed E-state index contributed by atoms with van der Waals surface area (Å²) in [6.45, 7) is 7.64.